The first-order valence-electron chi connectivity index (χ1n) is 9.02. The molecule has 1 aliphatic heterocycles. The number of nitrogens with one attached hydrogen (secondary N) is 1. The number of hydrogen-bond acceptors (Lipinski definition) is 7. The van der Waals surface area contributed by atoms with E-state index in [2.05, 4.69) is 15.3 Å². The number of benzene rings is 1. The minimum atomic E-state index is -0.961. The predicted octanol–water partition coefficient (Wildman–Crippen LogP) is 2.82. The number of rotatable bonds is 5. The maximum absolute atomic E-state index is 14.4. The van der Waals surface area contributed by atoms with E-state index in [1.165, 1.54) is 17.3 Å². The van der Waals surface area contributed by atoms with Gasteiger partial charge in [0.15, 0.2) is 11.4 Å². The van der Waals surface area contributed by atoms with Gasteiger partial charge in [0.2, 0.25) is 5.88 Å². The third-order valence-corrected chi connectivity index (χ3v) is 4.64. The van der Waals surface area contributed by atoms with Crippen molar-refractivity contribution in [3.8, 4) is 11.9 Å². The van der Waals surface area contributed by atoms with E-state index in [1.807, 2.05) is 20.2 Å². The maximum atomic E-state index is 14.4. The molecule has 29 heavy (non-hydrogen) atoms. The van der Waals surface area contributed by atoms with Gasteiger partial charge in [-0.25, -0.2) is 19.2 Å². The smallest absolute Gasteiger partial charge is 0.407 e. The van der Waals surface area contributed by atoms with Gasteiger partial charge >= 0.3 is 6.09 Å². The maximum Gasteiger partial charge on any atom is 0.407 e. The van der Waals surface area contributed by atoms with Gasteiger partial charge in [-0.3, -0.25) is 0 Å². The van der Waals surface area contributed by atoms with Gasteiger partial charge in [0.1, 0.15) is 24.3 Å². The summed E-state index contributed by atoms with van der Waals surface area (Å²) >= 11 is 0. The second kappa shape index (κ2) is 8.60. The Morgan fingerprint density at radius 2 is 2.10 bits per heavy atom. The van der Waals surface area contributed by atoms with E-state index in [4.69, 9.17) is 9.84 Å². The Balaban J connectivity index is 1.77. The number of piperidine rings is 1. The number of likely N-dealkylation sites (tertiary alicyclic amines) is 1. The molecule has 1 amide bonds. The van der Waals surface area contributed by atoms with Crippen molar-refractivity contribution in [2.45, 2.75) is 18.9 Å². The summed E-state index contributed by atoms with van der Waals surface area (Å²) in [6.07, 6.45) is 0.986. The van der Waals surface area contributed by atoms with Crippen molar-refractivity contribution in [2.24, 2.45) is 0 Å². The molecule has 152 valence electrons. The summed E-state index contributed by atoms with van der Waals surface area (Å²) in [4.78, 5) is 22.2. The van der Waals surface area contributed by atoms with E-state index in [9.17, 15) is 14.4 Å². The zero-order valence-electron chi connectivity index (χ0n) is 16.1. The van der Waals surface area contributed by atoms with E-state index in [0.717, 1.165) is 0 Å². The molecular weight excluding hydrogens is 379 g/mol. The van der Waals surface area contributed by atoms with Gasteiger partial charge in [0.25, 0.3) is 0 Å². The molecule has 1 aromatic heterocycles. The highest BCUT2D eigenvalue weighted by atomic mass is 19.1. The summed E-state index contributed by atoms with van der Waals surface area (Å²) in [5, 5.41) is 21.4. The fraction of sp³-hybridized carbons (Fsp3) is 0.368. The molecule has 3 rings (SSSR count). The van der Waals surface area contributed by atoms with Gasteiger partial charge in [0.05, 0.1) is 5.69 Å². The van der Waals surface area contributed by atoms with Crippen LogP contribution in [0.4, 0.5) is 26.4 Å². The topological polar surface area (TPSA) is 115 Å². The average molecular weight is 400 g/mol. The van der Waals surface area contributed by atoms with Gasteiger partial charge in [-0.1, -0.05) is 0 Å². The molecule has 0 radical (unpaired) electrons. The number of carboxylic acid groups (broad SMARTS) is 1. The molecular formula is C19H21FN6O3. The van der Waals surface area contributed by atoms with Crippen LogP contribution in [-0.2, 0) is 0 Å². The van der Waals surface area contributed by atoms with Crippen LogP contribution < -0.4 is 15.0 Å². The normalized spacial score (nSPS) is 14.2. The van der Waals surface area contributed by atoms with Crippen molar-refractivity contribution >= 4 is 23.3 Å². The molecule has 0 atom stereocenters. The molecule has 2 N–H and O–H groups in total. The van der Waals surface area contributed by atoms with Crippen LogP contribution in [0.1, 0.15) is 18.4 Å². The van der Waals surface area contributed by atoms with Crippen LogP contribution in [0.2, 0.25) is 0 Å². The van der Waals surface area contributed by atoms with Gasteiger partial charge < -0.3 is 25.0 Å². The molecule has 0 spiro atoms. The number of nitriles is 1. The van der Waals surface area contributed by atoms with Crippen LogP contribution in [0.25, 0.3) is 0 Å². The van der Waals surface area contributed by atoms with Crippen LogP contribution in [0.5, 0.6) is 5.88 Å². The fourth-order valence-electron chi connectivity index (χ4n) is 2.99. The number of ether oxygens (including phenoxy) is 1. The van der Waals surface area contributed by atoms with Crippen molar-refractivity contribution in [3.05, 3.63) is 35.9 Å². The highest BCUT2D eigenvalue weighted by Crippen LogP contribution is 2.29. The molecule has 9 nitrogen and oxygen atoms in total. The van der Waals surface area contributed by atoms with Crippen molar-refractivity contribution in [2.75, 3.05) is 37.4 Å². The third kappa shape index (κ3) is 4.63. The van der Waals surface area contributed by atoms with Crippen LogP contribution >= 0.6 is 0 Å². The number of nitrogens with zero attached hydrogens (tertiary/aromatic N) is 5. The number of carbonyl (C=O) groups is 1. The first-order chi connectivity index (χ1) is 13.9. The van der Waals surface area contributed by atoms with E-state index >= 15 is 0 Å². The van der Waals surface area contributed by atoms with Crippen LogP contribution in [-0.4, -0.2) is 59.4 Å². The summed E-state index contributed by atoms with van der Waals surface area (Å²) in [6, 6.07) is 6.69. The standard InChI is InChI=1S/C19H21FN6O3/c1-25(2)12-3-4-16(15(20)9-12)24-17-14(10-21)18(23-11-22-17)29-13-5-7-26(8-6-13)19(27)28/h3-4,9,11,13H,5-8H2,1-2H3,(H,27,28)(H,22,23,24). The number of halogens is 1. The fourth-order valence-corrected chi connectivity index (χ4v) is 2.99. The Bertz CT molecular complexity index is 938. The molecule has 10 heteroatoms. The quantitative estimate of drug-likeness (QED) is 0.787. The summed E-state index contributed by atoms with van der Waals surface area (Å²) < 4.78 is 20.2. The van der Waals surface area contributed by atoms with Crippen molar-refractivity contribution in [1.82, 2.24) is 14.9 Å². The van der Waals surface area contributed by atoms with Crippen LogP contribution in [0.3, 0.4) is 0 Å². The second-order valence-electron chi connectivity index (χ2n) is 6.78. The Kier molecular flexibility index (Phi) is 5.97. The lowest BCUT2D eigenvalue weighted by molar-refractivity contribution is 0.0869. The summed E-state index contributed by atoms with van der Waals surface area (Å²) in [7, 11) is 3.62. The van der Waals surface area contributed by atoms with Gasteiger partial charge in [-0.15, -0.1) is 0 Å². The van der Waals surface area contributed by atoms with E-state index < -0.39 is 11.9 Å². The minimum absolute atomic E-state index is 0.0595. The zero-order chi connectivity index (χ0) is 21.0. The second-order valence-corrected chi connectivity index (χ2v) is 6.78. The average Bonchev–Trinajstić information content (AvgIpc) is 2.70. The van der Waals surface area contributed by atoms with E-state index in [0.29, 0.717) is 31.6 Å². The summed E-state index contributed by atoms with van der Waals surface area (Å²) in [5.74, 6) is -0.261. The number of hydrogen-bond donors (Lipinski definition) is 2. The molecule has 0 aliphatic carbocycles. The molecule has 0 saturated carbocycles. The lowest BCUT2D eigenvalue weighted by atomic mass is 10.1. The zero-order valence-corrected chi connectivity index (χ0v) is 16.1. The first kappa shape index (κ1) is 20.1. The molecule has 0 bridgehead atoms. The largest absolute Gasteiger partial charge is 0.473 e. The number of aromatic nitrogens is 2. The first-order valence-corrected chi connectivity index (χ1v) is 9.02. The molecule has 0 unspecified atom stereocenters. The van der Waals surface area contributed by atoms with E-state index in [-0.39, 0.29) is 29.1 Å². The lowest BCUT2D eigenvalue weighted by Gasteiger charge is -2.30. The predicted molar refractivity (Wildman–Crippen MR) is 104 cm³/mol. The molecule has 1 saturated heterocycles. The molecule has 1 fully saturated rings. The van der Waals surface area contributed by atoms with Crippen molar-refractivity contribution < 1.29 is 19.0 Å². The molecule has 1 aliphatic rings. The van der Waals surface area contributed by atoms with Crippen molar-refractivity contribution in [3.63, 3.8) is 0 Å². The Morgan fingerprint density at radius 1 is 1.38 bits per heavy atom. The molecule has 2 heterocycles. The Morgan fingerprint density at radius 3 is 2.69 bits per heavy atom. The van der Waals surface area contributed by atoms with E-state index in [1.54, 1.807) is 17.0 Å². The van der Waals surface area contributed by atoms with Crippen LogP contribution in [0, 0.1) is 17.1 Å². The number of amides is 1. The van der Waals surface area contributed by atoms with Gasteiger partial charge in [-0.2, -0.15) is 5.26 Å². The van der Waals surface area contributed by atoms with Crippen molar-refractivity contribution in [1.29, 1.82) is 5.26 Å². The monoisotopic (exact) mass is 400 g/mol. The van der Waals surface area contributed by atoms with Gasteiger partial charge in [-0.05, 0) is 18.2 Å². The molecule has 2 aromatic rings. The highest BCUT2D eigenvalue weighted by molar-refractivity contribution is 5.67. The SMILES string of the molecule is CN(C)c1ccc(Nc2ncnc(OC3CCN(C(=O)O)CC3)c2C#N)c(F)c1. The summed E-state index contributed by atoms with van der Waals surface area (Å²) in [5.41, 5.74) is 0.934. The molecule has 1 aromatic carbocycles. The third-order valence-electron chi connectivity index (χ3n) is 4.64. The lowest BCUT2D eigenvalue weighted by Crippen LogP contribution is -2.41. The number of anilines is 3. The minimum Gasteiger partial charge on any atom is -0.473 e. The Hall–Kier alpha value is -3.61. The van der Waals surface area contributed by atoms with Crippen LogP contribution in [0.15, 0.2) is 24.5 Å². The highest BCUT2D eigenvalue weighted by Gasteiger charge is 2.25. The summed E-state index contributed by atoms with van der Waals surface area (Å²) in [6.45, 7) is 0.697. The Labute approximate surface area is 167 Å². The van der Waals surface area contributed by atoms with Gasteiger partial charge in [0, 0.05) is 45.7 Å².